The van der Waals surface area contributed by atoms with E-state index in [4.69, 9.17) is 4.74 Å². The highest BCUT2D eigenvalue weighted by molar-refractivity contribution is 5.91. The fourth-order valence-electron chi connectivity index (χ4n) is 3.43. The molecule has 4 N–H and O–H groups in total. The van der Waals surface area contributed by atoms with Crippen LogP contribution in [0, 0.1) is 13.8 Å². The van der Waals surface area contributed by atoms with Crippen molar-refractivity contribution in [1.29, 1.82) is 0 Å². The molecule has 3 amide bonds. The normalized spacial score (nSPS) is 13.1. The number of nitrogens with one attached hydrogen (secondary N) is 3. The van der Waals surface area contributed by atoms with Gasteiger partial charge in [0.25, 0.3) is 0 Å². The van der Waals surface area contributed by atoms with Crippen molar-refractivity contribution in [3.63, 3.8) is 0 Å². The van der Waals surface area contributed by atoms with E-state index >= 15 is 0 Å². The highest BCUT2D eigenvalue weighted by atomic mass is 16.6. The zero-order valence-corrected chi connectivity index (χ0v) is 21.6. The van der Waals surface area contributed by atoms with Crippen molar-refractivity contribution < 1.29 is 24.2 Å². The molecule has 0 radical (unpaired) electrons. The van der Waals surface area contributed by atoms with Crippen molar-refractivity contribution in [2.24, 2.45) is 0 Å². The number of carbonyl (C=O) groups is 3. The number of aryl methyl sites for hydroxylation is 2. The average molecular weight is 498 g/mol. The highest BCUT2D eigenvalue weighted by Crippen LogP contribution is 2.22. The molecule has 0 bridgehead atoms. The van der Waals surface area contributed by atoms with Gasteiger partial charge in [0.1, 0.15) is 29.8 Å². The molecule has 1 aromatic heterocycles. The summed E-state index contributed by atoms with van der Waals surface area (Å²) >= 11 is 0. The van der Waals surface area contributed by atoms with Crippen LogP contribution >= 0.6 is 0 Å². The second-order valence-corrected chi connectivity index (χ2v) is 9.55. The maximum absolute atomic E-state index is 13.1. The van der Waals surface area contributed by atoms with E-state index in [0.717, 1.165) is 22.3 Å². The lowest BCUT2D eigenvalue weighted by atomic mass is 9.95. The van der Waals surface area contributed by atoms with Crippen LogP contribution < -0.4 is 16.0 Å². The molecule has 0 aliphatic rings. The molecular weight excluding hydrogens is 462 g/mol. The van der Waals surface area contributed by atoms with Crippen LogP contribution in [0.5, 0.6) is 5.75 Å². The Bertz CT molecular complexity index is 1070. The van der Waals surface area contributed by atoms with Crippen LogP contribution in [-0.2, 0) is 27.2 Å². The summed E-state index contributed by atoms with van der Waals surface area (Å²) in [6.07, 6.45) is 7.97. The summed E-state index contributed by atoms with van der Waals surface area (Å²) < 4.78 is 5.32. The number of benzene rings is 1. The van der Waals surface area contributed by atoms with Gasteiger partial charge < -0.3 is 25.8 Å². The Balaban J connectivity index is 2.07. The maximum Gasteiger partial charge on any atom is 0.408 e. The number of amides is 3. The van der Waals surface area contributed by atoms with Gasteiger partial charge in [-0.25, -0.2) is 14.8 Å². The molecule has 0 fully saturated rings. The van der Waals surface area contributed by atoms with Gasteiger partial charge in [-0.1, -0.05) is 6.08 Å². The number of aromatic nitrogens is 2. The van der Waals surface area contributed by atoms with Crippen molar-refractivity contribution in [3.8, 4) is 5.75 Å². The fourth-order valence-corrected chi connectivity index (χ4v) is 3.43. The van der Waals surface area contributed by atoms with E-state index < -0.39 is 35.6 Å². The molecule has 2 aromatic rings. The van der Waals surface area contributed by atoms with Crippen molar-refractivity contribution in [2.45, 2.75) is 72.1 Å². The first kappa shape index (κ1) is 28.3. The van der Waals surface area contributed by atoms with Gasteiger partial charge in [0.15, 0.2) is 0 Å². The van der Waals surface area contributed by atoms with Crippen LogP contribution in [0.4, 0.5) is 4.79 Å². The molecule has 0 spiro atoms. The predicted octanol–water partition coefficient (Wildman–Crippen LogP) is 2.61. The lowest BCUT2D eigenvalue weighted by molar-refractivity contribution is -0.129. The number of alkyl carbamates (subject to hydrolysis) is 1. The van der Waals surface area contributed by atoms with E-state index in [2.05, 4.69) is 25.9 Å². The second-order valence-electron chi connectivity index (χ2n) is 9.55. The van der Waals surface area contributed by atoms with Gasteiger partial charge in [-0.2, -0.15) is 0 Å². The number of aromatic hydroxyl groups is 1. The molecule has 194 valence electrons. The van der Waals surface area contributed by atoms with Crippen molar-refractivity contribution in [3.05, 3.63) is 65.4 Å². The standard InChI is InChI=1S/C26H35N5O5/c1-16-10-20(32)11-17(2)21(16)12-22(31-25(35)36-26(4,5)6)24(34)30-18(3)23(33)29-9-7-8-19-13-27-15-28-14-19/h7,9-11,13-15,18,22,32H,8,12H2,1-6H3,(H,29,33)(H,30,34)(H,31,35)/b9-7+/t18-,22?/m1/s1. The number of phenolic OH excluding ortho intramolecular Hbond substituents is 1. The largest absolute Gasteiger partial charge is 0.508 e. The van der Waals surface area contributed by atoms with E-state index in [9.17, 15) is 19.5 Å². The first-order valence-corrected chi connectivity index (χ1v) is 11.6. The molecule has 1 heterocycles. The van der Waals surface area contributed by atoms with Gasteiger partial charge in [0.2, 0.25) is 11.8 Å². The monoisotopic (exact) mass is 497 g/mol. The number of ether oxygens (including phenoxy) is 1. The summed E-state index contributed by atoms with van der Waals surface area (Å²) in [7, 11) is 0. The van der Waals surface area contributed by atoms with E-state index in [1.807, 2.05) is 13.8 Å². The van der Waals surface area contributed by atoms with Gasteiger partial charge in [0.05, 0.1) is 0 Å². The van der Waals surface area contributed by atoms with E-state index in [1.165, 1.54) is 12.5 Å². The maximum atomic E-state index is 13.1. The van der Waals surface area contributed by atoms with Gasteiger partial charge >= 0.3 is 6.09 Å². The van der Waals surface area contributed by atoms with E-state index in [1.54, 1.807) is 58.3 Å². The topological polar surface area (TPSA) is 143 Å². The lowest BCUT2D eigenvalue weighted by Gasteiger charge is -2.25. The Kier molecular flexibility index (Phi) is 9.95. The molecule has 0 aliphatic heterocycles. The van der Waals surface area contributed by atoms with Crippen LogP contribution in [0.3, 0.4) is 0 Å². The highest BCUT2D eigenvalue weighted by Gasteiger charge is 2.28. The molecular formula is C26H35N5O5. The molecule has 0 saturated heterocycles. The number of nitrogens with zero attached hydrogens (tertiary/aromatic N) is 2. The molecule has 1 aromatic carbocycles. The minimum atomic E-state index is -1.01. The van der Waals surface area contributed by atoms with Crippen LogP contribution in [0.2, 0.25) is 0 Å². The Labute approximate surface area is 211 Å². The Morgan fingerprint density at radius 2 is 1.67 bits per heavy atom. The quantitative estimate of drug-likeness (QED) is 0.417. The summed E-state index contributed by atoms with van der Waals surface area (Å²) in [5, 5.41) is 17.7. The van der Waals surface area contributed by atoms with Crippen molar-refractivity contribution >= 4 is 17.9 Å². The summed E-state index contributed by atoms with van der Waals surface area (Å²) in [6.45, 7) is 10.3. The molecule has 2 atom stereocenters. The van der Waals surface area contributed by atoms with Gasteiger partial charge in [-0.05, 0) is 82.3 Å². The van der Waals surface area contributed by atoms with E-state index in [-0.39, 0.29) is 12.2 Å². The number of rotatable bonds is 9. The van der Waals surface area contributed by atoms with Gasteiger partial charge in [-0.15, -0.1) is 0 Å². The van der Waals surface area contributed by atoms with Crippen LogP contribution in [0.15, 0.2) is 43.1 Å². The van der Waals surface area contributed by atoms with Crippen LogP contribution in [-0.4, -0.2) is 50.7 Å². The summed E-state index contributed by atoms with van der Waals surface area (Å²) in [6, 6.07) is 1.31. The molecule has 2 rings (SSSR count). The number of carbonyl (C=O) groups excluding carboxylic acids is 3. The molecule has 10 heteroatoms. The van der Waals surface area contributed by atoms with Crippen molar-refractivity contribution in [1.82, 2.24) is 25.9 Å². The van der Waals surface area contributed by atoms with Crippen LogP contribution in [0.1, 0.15) is 49.9 Å². The number of hydrogen-bond donors (Lipinski definition) is 4. The summed E-state index contributed by atoms with van der Waals surface area (Å²) in [4.78, 5) is 45.9. The van der Waals surface area contributed by atoms with Gasteiger partial charge in [0, 0.05) is 25.0 Å². The molecule has 1 unspecified atom stereocenters. The smallest absolute Gasteiger partial charge is 0.408 e. The average Bonchev–Trinajstić information content (AvgIpc) is 2.77. The Hall–Kier alpha value is -3.95. The third-order valence-electron chi connectivity index (χ3n) is 5.16. The minimum absolute atomic E-state index is 0.119. The molecule has 36 heavy (non-hydrogen) atoms. The third-order valence-corrected chi connectivity index (χ3v) is 5.16. The van der Waals surface area contributed by atoms with Crippen LogP contribution in [0.25, 0.3) is 0 Å². The first-order chi connectivity index (χ1) is 16.9. The zero-order valence-electron chi connectivity index (χ0n) is 21.6. The van der Waals surface area contributed by atoms with Gasteiger partial charge in [-0.3, -0.25) is 9.59 Å². The molecule has 0 saturated carbocycles. The lowest BCUT2D eigenvalue weighted by Crippen LogP contribution is -2.53. The Morgan fingerprint density at radius 3 is 2.25 bits per heavy atom. The number of phenols is 1. The number of allylic oxidation sites excluding steroid dienone is 1. The zero-order chi connectivity index (χ0) is 26.9. The molecule has 0 aliphatic carbocycles. The fraction of sp³-hybridized carbons (Fsp3) is 0.423. The second kappa shape index (κ2) is 12.7. The third kappa shape index (κ3) is 9.36. The summed E-state index contributed by atoms with van der Waals surface area (Å²) in [5.41, 5.74) is 2.49. The minimum Gasteiger partial charge on any atom is -0.508 e. The van der Waals surface area contributed by atoms with Crippen molar-refractivity contribution in [2.75, 3.05) is 0 Å². The summed E-state index contributed by atoms with van der Waals surface area (Å²) in [5.74, 6) is -0.842. The predicted molar refractivity (Wildman–Crippen MR) is 135 cm³/mol. The number of hydrogen-bond acceptors (Lipinski definition) is 7. The SMILES string of the molecule is Cc1cc(O)cc(C)c1CC(NC(=O)OC(C)(C)C)C(=O)N[C@H](C)C(=O)N/C=C/Cc1cncnc1. The Morgan fingerprint density at radius 1 is 1.06 bits per heavy atom. The van der Waals surface area contributed by atoms with E-state index in [0.29, 0.717) is 6.42 Å². The molecule has 10 nitrogen and oxygen atoms in total. The first-order valence-electron chi connectivity index (χ1n) is 11.6.